The first-order valence-corrected chi connectivity index (χ1v) is 9.40. The third-order valence-electron chi connectivity index (χ3n) is 5.40. The van der Waals surface area contributed by atoms with E-state index in [1.54, 1.807) is 0 Å². The van der Waals surface area contributed by atoms with Gasteiger partial charge in [-0.15, -0.1) is 0 Å². The Morgan fingerprint density at radius 1 is 1.25 bits per heavy atom. The summed E-state index contributed by atoms with van der Waals surface area (Å²) in [5.74, 6) is 0.338. The molecule has 0 radical (unpaired) electrons. The molecular formula is C20H31N3O. The highest BCUT2D eigenvalue weighted by atomic mass is 16.2. The minimum atomic E-state index is -0.367. The van der Waals surface area contributed by atoms with Crippen molar-refractivity contribution in [2.45, 2.75) is 64.2 Å². The molecule has 1 amide bonds. The van der Waals surface area contributed by atoms with Crippen LogP contribution in [0, 0.1) is 5.92 Å². The largest absolute Gasteiger partial charge is 0.337 e. The molecule has 1 saturated carbocycles. The smallest absolute Gasteiger partial charge is 0.240 e. The molecule has 1 aliphatic heterocycles. The molecule has 0 spiro atoms. The Bertz CT molecular complexity index is 541. The van der Waals surface area contributed by atoms with Crippen LogP contribution >= 0.6 is 0 Å². The summed E-state index contributed by atoms with van der Waals surface area (Å²) in [5.41, 5.74) is 7.48. The first kappa shape index (κ1) is 17.4. The van der Waals surface area contributed by atoms with E-state index in [0.29, 0.717) is 12.1 Å². The molecule has 24 heavy (non-hydrogen) atoms. The number of carbonyl (C=O) groups excluding carboxylic acids is 1. The van der Waals surface area contributed by atoms with E-state index in [1.807, 2.05) is 13.8 Å². The van der Waals surface area contributed by atoms with E-state index < -0.39 is 0 Å². The maximum Gasteiger partial charge on any atom is 0.240 e. The highest BCUT2D eigenvalue weighted by molar-refractivity contribution is 5.82. The summed E-state index contributed by atoms with van der Waals surface area (Å²) in [7, 11) is 0. The van der Waals surface area contributed by atoms with Gasteiger partial charge in [0.2, 0.25) is 5.91 Å². The molecule has 4 nitrogen and oxygen atoms in total. The van der Waals surface area contributed by atoms with Gasteiger partial charge in [0, 0.05) is 31.7 Å². The van der Waals surface area contributed by atoms with Gasteiger partial charge in [0.05, 0.1) is 6.04 Å². The van der Waals surface area contributed by atoms with Crippen LogP contribution in [0.4, 0.5) is 0 Å². The van der Waals surface area contributed by atoms with E-state index in [4.69, 9.17) is 5.73 Å². The van der Waals surface area contributed by atoms with Crippen molar-refractivity contribution in [3.05, 3.63) is 35.9 Å². The van der Waals surface area contributed by atoms with Crippen LogP contribution in [0.2, 0.25) is 0 Å². The van der Waals surface area contributed by atoms with Gasteiger partial charge in [0.1, 0.15) is 0 Å². The molecule has 1 aliphatic carbocycles. The Morgan fingerprint density at radius 2 is 1.96 bits per heavy atom. The number of amides is 1. The van der Waals surface area contributed by atoms with Crippen molar-refractivity contribution in [2.24, 2.45) is 11.7 Å². The van der Waals surface area contributed by atoms with Crippen LogP contribution in [0.1, 0.15) is 45.1 Å². The highest BCUT2D eigenvalue weighted by Gasteiger charge is 2.37. The topological polar surface area (TPSA) is 49.6 Å². The summed E-state index contributed by atoms with van der Waals surface area (Å²) in [4.78, 5) is 17.3. The number of hydrogen-bond donors (Lipinski definition) is 1. The highest BCUT2D eigenvalue weighted by Crippen LogP contribution is 2.30. The summed E-state index contributed by atoms with van der Waals surface area (Å²) in [6, 6.07) is 11.3. The minimum absolute atomic E-state index is 0.142. The van der Waals surface area contributed by atoms with Crippen molar-refractivity contribution >= 4 is 5.91 Å². The van der Waals surface area contributed by atoms with E-state index in [-0.39, 0.29) is 17.9 Å². The molecule has 0 unspecified atom stereocenters. The van der Waals surface area contributed by atoms with Gasteiger partial charge in [-0.2, -0.15) is 0 Å². The monoisotopic (exact) mass is 329 g/mol. The van der Waals surface area contributed by atoms with E-state index in [0.717, 1.165) is 32.5 Å². The molecule has 0 bridgehead atoms. The van der Waals surface area contributed by atoms with Crippen molar-refractivity contribution in [3.8, 4) is 0 Å². The predicted octanol–water partition coefficient (Wildman–Crippen LogP) is 2.63. The van der Waals surface area contributed by atoms with Crippen molar-refractivity contribution < 1.29 is 4.79 Å². The van der Waals surface area contributed by atoms with Gasteiger partial charge in [-0.3, -0.25) is 9.69 Å². The number of nitrogens with zero attached hydrogens (tertiary/aromatic N) is 2. The normalized spacial score (nSPS) is 22.4. The molecule has 0 aromatic heterocycles. The van der Waals surface area contributed by atoms with Crippen LogP contribution in [-0.2, 0) is 11.3 Å². The number of carbonyl (C=O) groups is 1. The number of likely N-dealkylation sites (tertiary alicyclic amines) is 1. The summed E-state index contributed by atoms with van der Waals surface area (Å²) in [6.45, 7) is 6.89. The molecule has 2 fully saturated rings. The molecule has 1 aromatic carbocycles. The molecular weight excluding hydrogens is 298 g/mol. The average Bonchev–Trinajstić information content (AvgIpc) is 3.33. The quantitative estimate of drug-likeness (QED) is 0.836. The Morgan fingerprint density at radius 3 is 2.58 bits per heavy atom. The van der Waals surface area contributed by atoms with Gasteiger partial charge in [-0.1, -0.05) is 44.2 Å². The van der Waals surface area contributed by atoms with E-state index in [2.05, 4.69) is 40.1 Å². The molecule has 4 heteroatoms. The molecule has 3 rings (SSSR count). The number of rotatable bonds is 7. The van der Waals surface area contributed by atoms with E-state index >= 15 is 0 Å². The van der Waals surface area contributed by atoms with Crippen LogP contribution in [0.15, 0.2) is 30.3 Å². The zero-order valence-electron chi connectivity index (χ0n) is 15.0. The van der Waals surface area contributed by atoms with Crippen molar-refractivity contribution in [1.29, 1.82) is 0 Å². The Hall–Kier alpha value is -1.39. The third-order valence-corrected chi connectivity index (χ3v) is 5.40. The molecule has 132 valence electrons. The summed E-state index contributed by atoms with van der Waals surface area (Å²) >= 11 is 0. The van der Waals surface area contributed by atoms with E-state index in [1.165, 1.54) is 18.4 Å². The molecule has 1 heterocycles. The van der Waals surface area contributed by atoms with Crippen molar-refractivity contribution in [1.82, 2.24) is 9.80 Å². The van der Waals surface area contributed by atoms with Gasteiger partial charge in [0.15, 0.2) is 0 Å². The second kappa shape index (κ2) is 7.66. The molecule has 1 saturated heterocycles. The third kappa shape index (κ3) is 4.17. The number of benzene rings is 1. The standard InChI is InChI=1S/C20H31N3O/c1-15(2)19(21)20(24)23-12-6-9-18(23)14-22(17-10-11-17)13-16-7-4-3-5-8-16/h3-5,7-8,15,17-19H,6,9-14,21H2,1-2H3/t18-,19+/m1/s1. The average molecular weight is 329 g/mol. The van der Waals surface area contributed by atoms with Crippen LogP contribution in [-0.4, -0.2) is 46.9 Å². The molecule has 2 N–H and O–H groups in total. The zero-order valence-corrected chi connectivity index (χ0v) is 15.0. The summed E-state index contributed by atoms with van der Waals surface area (Å²) < 4.78 is 0. The van der Waals surface area contributed by atoms with Crippen molar-refractivity contribution in [3.63, 3.8) is 0 Å². The van der Waals surface area contributed by atoms with Gasteiger partial charge in [-0.05, 0) is 37.2 Å². The molecule has 2 atom stereocenters. The second-order valence-corrected chi connectivity index (χ2v) is 7.74. The van der Waals surface area contributed by atoms with Crippen LogP contribution in [0.3, 0.4) is 0 Å². The Kier molecular flexibility index (Phi) is 5.57. The van der Waals surface area contributed by atoms with Crippen LogP contribution in [0.25, 0.3) is 0 Å². The van der Waals surface area contributed by atoms with Gasteiger partial charge in [0.25, 0.3) is 0 Å². The number of nitrogens with two attached hydrogens (primary N) is 1. The lowest BCUT2D eigenvalue weighted by Crippen LogP contribution is -2.51. The van der Waals surface area contributed by atoms with Gasteiger partial charge in [-0.25, -0.2) is 0 Å². The fraction of sp³-hybridized carbons (Fsp3) is 0.650. The van der Waals surface area contributed by atoms with Crippen LogP contribution in [0.5, 0.6) is 0 Å². The van der Waals surface area contributed by atoms with Gasteiger partial charge < -0.3 is 10.6 Å². The minimum Gasteiger partial charge on any atom is -0.337 e. The predicted molar refractivity (Wildman–Crippen MR) is 97.4 cm³/mol. The number of hydrogen-bond acceptors (Lipinski definition) is 3. The Labute approximate surface area is 146 Å². The lowest BCUT2D eigenvalue weighted by Gasteiger charge is -2.33. The maximum absolute atomic E-state index is 12.7. The maximum atomic E-state index is 12.7. The fourth-order valence-electron chi connectivity index (χ4n) is 3.66. The van der Waals surface area contributed by atoms with Crippen LogP contribution < -0.4 is 5.73 Å². The fourth-order valence-corrected chi connectivity index (χ4v) is 3.66. The summed E-state index contributed by atoms with van der Waals surface area (Å²) in [6.07, 6.45) is 4.79. The van der Waals surface area contributed by atoms with E-state index in [9.17, 15) is 4.79 Å². The molecule has 1 aromatic rings. The SMILES string of the molecule is CC(C)[C@H](N)C(=O)N1CCC[C@@H]1CN(Cc1ccccc1)C1CC1. The zero-order chi connectivity index (χ0) is 17.1. The van der Waals surface area contributed by atoms with Crippen molar-refractivity contribution in [2.75, 3.05) is 13.1 Å². The first-order chi connectivity index (χ1) is 11.6. The second-order valence-electron chi connectivity index (χ2n) is 7.74. The summed E-state index contributed by atoms with van der Waals surface area (Å²) in [5, 5.41) is 0. The Balaban J connectivity index is 1.64. The lowest BCUT2D eigenvalue weighted by molar-refractivity contribution is -0.134. The molecule has 2 aliphatic rings. The first-order valence-electron chi connectivity index (χ1n) is 9.40. The van der Waals surface area contributed by atoms with Gasteiger partial charge >= 0.3 is 0 Å². The lowest BCUT2D eigenvalue weighted by atomic mass is 10.0.